The maximum absolute atomic E-state index is 12.3. The van der Waals surface area contributed by atoms with Gasteiger partial charge in [-0.1, -0.05) is 38.3 Å². The number of hydrogen-bond donors (Lipinski definition) is 1. The van der Waals surface area contributed by atoms with Crippen molar-refractivity contribution in [3.8, 4) is 11.5 Å². The van der Waals surface area contributed by atoms with Gasteiger partial charge in [0.2, 0.25) is 0 Å². The number of nitrogens with one attached hydrogen (secondary N) is 1. The molecule has 0 fully saturated rings. The molecule has 1 atom stereocenters. The minimum atomic E-state index is -0.893. The van der Waals surface area contributed by atoms with Crippen molar-refractivity contribution in [2.75, 3.05) is 11.9 Å². The van der Waals surface area contributed by atoms with Crippen molar-refractivity contribution < 1.29 is 19.2 Å². The quantitative estimate of drug-likeness (QED) is 0.335. The van der Waals surface area contributed by atoms with E-state index < -0.39 is 16.9 Å². The zero-order valence-corrected chi connectivity index (χ0v) is 16.2. The topological polar surface area (TPSA) is 90.7 Å². The maximum Gasteiger partial charge on any atom is 0.310 e. The zero-order chi connectivity index (χ0) is 20.4. The van der Waals surface area contributed by atoms with Crippen molar-refractivity contribution in [2.45, 2.75) is 45.6 Å². The summed E-state index contributed by atoms with van der Waals surface area (Å²) in [4.78, 5) is 22.8. The number of carbonyl (C=O) groups is 1. The van der Waals surface area contributed by atoms with Gasteiger partial charge in [-0.25, -0.2) is 0 Å². The number of nitrogens with zero attached hydrogens (tertiary/aromatic N) is 1. The van der Waals surface area contributed by atoms with Gasteiger partial charge in [-0.3, -0.25) is 14.9 Å². The van der Waals surface area contributed by atoms with Gasteiger partial charge in [-0.2, -0.15) is 0 Å². The van der Waals surface area contributed by atoms with Crippen molar-refractivity contribution in [3.63, 3.8) is 0 Å². The lowest BCUT2D eigenvalue weighted by molar-refractivity contribution is -0.386. The Labute approximate surface area is 164 Å². The first-order valence-corrected chi connectivity index (χ1v) is 9.45. The minimum absolute atomic E-state index is 0.0574. The molecule has 2 aromatic carbocycles. The largest absolute Gasteiger partial charge is 0.494 e. The van der Waals surface area contributed by atoms with Crippen LogP contribution in [0.3, 0.4) is 0 Å². The molecule has 1 amide bonds. The highest BCUT2D eigenvalue weighted by Gasteiger charge is 2.20. The maximum atomic E-state index is 12.3. The van der Waals surface area contributed by atoms with E-state index in [1.54, 1.807) is 43.3 Å². The van der Waals surface area contributed by atoms with Crippen LogP contribution >= 0.6 is 0 Å². The van der Waals surface area contributed by atoms with Crippen molar-refractivity contribution in [2.24, 2.45) is 0 Å². The first-order valence-electron chi connectivity index (χ1n) is 9.45. The van der Waals surface area contributed by atoms with E-state index in [0.717, 1.165) is 18.6 Å². The Hall–Kier alpha value is -3.09. The van der Waals surface area contributed by atoms with Gasteiger partial charge in [0.15, 0.2) is 11.9 Å². The average Bonchev–Trinajstić information content (AvgIpc) is 2.69. The third-order valence-corrected chi connectivity index (χ3v) is 4.12. The number of para-hydroxylation sites is 2. The Kier molecular flexibility index (Phi) is 8.27. The molecule has 0 aliphatic carbocycles. The second-order valence-corrected chi connectivity index (χ2v) is 6.41. The average molecular weight is 386 g/mol. The van der Waals surface area contributed by atoms with Gasteiger partial charge < -0.3 is 14.8 Å². The molecule has 0 spiro atoms. The third-order valence-electron chi connectivity index (χ3n) is 4.12. The van der Waals surface area contributed by atoms with Crippen molar-refractivity contribution in [1.82, 2.24) is 0 Å². The van der Waals surface area contributed by atoms with Crippen LogP contribution in [0.4, 0.5) is 11.4 Å². The molecule has 0 aliphatic heterocycles. The van der Waals surface area contributed by atoms with Gasteiger partial charge in [0.1, 0.15) is 5.75 Å². The fraction of sp³-hybridized carbons (Fsp3) is 0.381. The lowest BCUT2D eigenvalue weighted by Gasteiger charge is -2.15. The van der Waals surface area contributed by atoms with E-state index in [1.807, 2.05) is 0 Å². The van der Waals surface area contributed by atoms with Gasteiger partial charge >= 0.3 is 5.69 Å². The normalized spacial score (nSPS) is 11.5. The summed E-state index contributed by atoms with van der Waals surface area (Å²) in [5.41, 5.74) is 0.420. The van der Waals surface area contributed by atoms with Crippen LogP contribution in [0.5, 0.6) is 11.5 Å². The van der Waals surface area contributed by atoms with Crippen LogP contribution < -0.4 is 14.8 Å². The van der Waals surface area contributed by atoms with E-state index in [-0.39, 0.29) is 11.4 Å². The summed E-state index contributed by atoms with van der Waals surface area (Å²) in [6, 6.07) is 13.0. The van der Waals surface area contributed by atoms with Crippen LogP contribution in [0.2, 0.25) is 0 Å². The van der Waals surface area contributed by atoms with Crippen molar-refractivity contribution in [3.05, 3.63) is 58.6 Å². The Balaban J connectivity index is 1.86. The molecule has 0 unspecified atom stereocenters. The van der Waals surface area contributed by atoms with Gasteiger partial charge in [0.25, 0.3) is 5.91 Å². The Morgan fingerprint density at radius 1 is 1.11 bits per heavy atom. The first kappa shape index (κ1) is 21.2. The number of amides is 1. The molecule has 1 N–H and O–H groups in total. The number of anilines is 1. The first-order chi connectivity index (χ1) is 13.5. The Morgan fingerprint density at radius 2 is 1.82 bits per heavy atom. The third kappa shape index (κ3) is 6.57. The number of rotatable bonds is 11. The number of benzene rings is 2. The van der Waals surface area contributed by atoms with Crippen LogP contribution in [-0.4, -0.2) is 23.5 Å². The number of nitro benzene ring substituents is 1. The van der Waals surface area contributed by atoms with Crippen molar-refractivity contribution >= 4 is 17.3 Å². The molecule has 0 heterocycles. The summed E-state index contributed by atoms with van der Waals surface area (Å²) < 4.78 is 11.1. The standard InChI is InChI=1S/C21H26N2O5/c1-3-4-5-8-15-27-18-13-11-17(12-14-18)22-21(24)16(2)28-20-10-7-6-9-19(20)23(25)26/h6-7,9-14,16H,3-5,8,15H2,1-2H3,(H,22,24)/t16-/m1/s1. The van der Waals surface area contributed by atoms with E-state index >= 15 is 0 Å². The van der Waals surface area contributed by atoms with E-state index in [2.05, 4.69) is 12.2 Å². The summed E-state index contributed by atoms with van der Waals surface area (Å²) >= 11 is 0. The molecule has 0 aromatic heterocycles. The zero-order valence-electron chi connectivity index (χ0n) is 16.2. The summed E-state index contributed by atoms with van der Waals surface area (Å²) in [6.07, 6.45) is 3.68. The molecule has 0 radical (unpaired) electrons. The molecular weight excluding hydrogens is 360 g/mol. The number of hydrogen-bond acceptors (Lipinski definition) is 5. The van der Waals surface area contributed by atoms with Crippen LogP contribution in [0.25, 0.3) is 0 Å². The molecule has 0 aliphatic rings. The number of unbranched alkanes of at least 4 members (excludes halogenated alkanes) is 3. The molecular formula is C21H26N2O5. The molecule has 0 bridgehead atoms. The van der Waals surface area contributed by atoms with Gasteiger partial charge in [0.05, 0.1) is 11.5 Å². The predicted octanol–water partition coefficient (Wildman–Crippen LogP) is 4.96. The van der Waals surface area contributed by atoms with E-state index in [1.165, 1.54) is 25.0 Å². The highest BCUT2D eigenvalue weighted by Crippen LogP contribution is 2.27. The number of carbonyl (C=O) groups excluding carboxylic acids is 1. The molecule has 0 saturated carbocycles. The fourth-order valence-electron chi connectivity index (χ4n) is 2.55. The summed E-state index contributed by atoms with van der Waals surface area (Å²) in [5.74, 6) is 0.409. The monoisotopic (exact) mass is 386 g/mol. The lowest BCUT2D eigenvalue weighted by atomic mass is 10.2. The molecule has 2 aromatic rings. The molecule has 28 heavy (non-hydrogen) atoms. The second kappa shape index (κ2) is 10.9. The molecule has 0 saturated heterocycles. The smallest absolute Gasteiger partial charge is 0.310 e. The molecule has 7 heteroatoms. The lowest BCUT2D eigenvalue weighted by Crippen LogP contribution is -2.30. The van der Waals surface area contributed by atoms with Crippen LogP contribution in [0, 0.1) is 10.1 Å². The number of ether oxygens (including phenoxy) is 2. The Morgan fingerprint density at radius 3 is 2.50 bits per heavy atom. The van der Waals surface area contributed by atoms with Crippen LogP contribution in [0.1, 0.15) is 39.5 Å². The van der Waals surface area contributed by atoms with Crippen molar-refractivity contribution in [1.29, 1.82) is 0 Å². The summed E-state index contributed by atoms with van der Waals surface area (Å²) in [7, 11) is 0. The van der Waals surface area contributed by atoms with Gasteiger partial charge in [0, 0.05) is 11.8 Å². The predicted molar refractivity (Wildman–Crippen MR) is 108 cm³/mol. The SMILES string of the molecule is CCCCCCOc1ccc(NC(=O)[C@@H](C)Oc2ccccc2[N+](=O)[O-])cc1. The van der Waals surface area contributed by atoms with E-state index in [0.29, 0.717) is 12.3 Å². The summed E-state index contributed by atoms with van der Waals surface area (Å²) in [5, 5.41) is 13.8. The number of nitro groups is 1. The van der Waals surface area contributed by atoms with Crippen LogP contribution in [0.15, 0.2) is 48.5 Å². The molecule has 150 valence electrons. The minimum Gasteiger partial charge on any atom is -0.494 e. The highest BCUT2D eigenvalue weighted by atomic mass is 16.6. The van der Waals surface area contributed by atoms with E-state index in [9.17, 15) is 14.9 Å². The molecule has 2 rings (SSSR count). The summed E-state index contributed by atoms with van der Waals surface area (Å²) in [6.45, 7) is 4.38. The highest BCUT2D eigenvalue weighted by molar-refractivity contribution is 5.94. The fourth-order valence-corrected chi connectivity index (χ4v) is 2.55. The van der Waals surface area contributed by atoms with Gasteiger partial charge in [-0.05, 0) is 43.7 Å². The van der Waals surface area contributed by atoms with Gasteiger partial charge in [-0.15, -0.1) is 0 Å². The van der Waals surface area contributed by atoms with E-state index in [4.69, 9.17) is 9.47 Å². The van der Waals surface area contributed by atoms with Crippen LogP contribution in [-0.2, 0) is 4.79 Å². The molecule has 7 nitrogen and oxygen atoms in total. The second-order valence-electron chi connectivity index (χ2n) is 6.41. The Bertz CT molecular complexity index is 777.